The van der Waals surface area contributed by atoms with Crippen LogP contribution in [0, 0.1) is 11.8 Å². The van der Waals surface area contributed by atoms with Gasteiger partial charge in [0.15, 0.2) is 0 Å². The van der Waals surface area contributed by atoms with Crippen molar-refractivity contribution in [3.05, 3.63) is 0 Å². The van der Waals surface area contributed by atoms with Crippen LogP contribution in [0.25, 0.3) is 0 Å². The molecule has 1 aliphatic heterocycles. The molecule has 2 amide bonds. The van der Waals surface area contributed by atoms with Crippen molar-refractivity contribution in [1.29, 1.82) is 0 Å². The highest BCUT2D eigenvalue weighted by Crippen LogP contribution is 2.34. The standard InChI is InChI=1S/C14H22N2O4/c1-15(2)13(18)11-4-3-7-16(11)12(17)9-5-6-10(8-9)14(19)20/h9-11H,3-8H2,1-2H3,(H,19,20). The Morgan fingerprint density at radius 1 is 1.10 bits per heavy atom. The Bertz CT molecular complexity index is 421. The number of hydrogen-bond donors (Lipinski definition) is 1. The molecule has 112 valence electrons. The van der Waals surface area contributed by atoms with Crippen LogP contribution in [0.4, 0.5) is 0 Å². The third-order valence-corrected chi connectivity index (χ3v) is 4.39. The second kappa shape index (κ2) is 5.81. The summed E-state index contributed by atoms with van der Waals surface area (Å²) in [6.07, 6.45) is 3.14. The van der Waals surface area contributed by atoms with Crippen LogP contribution in [-0.2, 0) is 14.4 Å². The minimum absolute atomic E-state index is 0.0357. The van der Waals surface area contributed by atoms with Gasteiger partial charge in [0, 0.05) is 26.6 Å². The lowest BCUT2D eigenvalue weighted by Crippen LogP contribution is -2.47. The van der Waals surface area contributed by atoms with E-state index in [4.69, 9.17) is 5.11 Å². The number of aliphatic carboxylic acids is 1. The van der Waals surface area contributed by atoms with Gasteiger partial charge in [-0.25, -0.2) is 0 Å². The largest absolute Gasteiger partial charge is 0.481 e. The molecule has 1 saturated heterocycles. The minimum Gasteiger partial charge on any atom is -0.481 e. The normalized spacial score (nSPS) is 29.5. The predicted octanol–water partition coefficient (Wildman–Crippen LogP) is 0.566. The van der Waals surface area contributed by atoms with Crippen molar-refractivity contribution < 1.29 is 19.5 Å². The Hall–Kier alpha value is -1.59. The van der Waals surface area contributed by atoms with Crippen LogP contribution in [-0.4, -0.2) is 59.4 Å². The third kappa shape index (κ3) is 2.78. The molecular weight excluding hydrogens is 260 g/mol. The third-order valence-electron chi connectivity index (χ3n) is 4.39. The monoisotopic (exact) mass is 282 g/mol. The van der Waals surface area contributed by atoms with Crippen molar-refractivity contribution >= 4 is 17.8 Å². The van der Waals surface area contributed by atoms with Crippen LogP contribution in [0.3, 0.4) is 0 Å². The first-order valence-electron chi connectivity index (χ1n) is 7.16. The summed E-state index contributed by atoms with van der Waals surface area (Å²) in [5, 5.41) is 9.01. The number of carboxylic acid groups (broad SMARTS) is 1. The Morgan fingerprint density at radius 3 is 2.30 bits per heavy atom. The second-order valence-corrected chi connectivity index (χ2v) is 5.97. The van der Waals surface area contributed by atoms with Gasteiger partial charge in [-0.05, 0) is 32.1 Å². The van der Waals surface area contributed by atoms with E-state index >= 15 is 0 Å². The van der Waals surface area contributed by atoms with Gasteiger partial charge in [0.1, 0.15) is 6.04 Å². The molecule has 1 N–H and O–H groups in total. The highest BCUT2D eigenvalue weighted by molar-refractivity contribution is 5.89. The molecule has 3 unspecified atom stereocenters. The molecule has 0 bridgehead atoms. The molecule has 20 heavy (non-hydrogen) atoms. The van der Waals surface area contributed by atoms with E-state index < -0.39 is 11.9 Å². The van der Waals surface area contributed by atoms with Crippen LogP contribution in [0.5, 0.6) is 0 Å². The Labute approximate surface area is 118 Å². The van der Waals surface area contributed by atoms with Gasteiger partial charge in [0.25, 0.3) is 0 Å². The first-order valence-corrected chi connectivity index (χ1v) is 7.16. The quantitative estimate of drug-likeness (QED) is 0.820. The van der Waals surface area contributed by atoms with Crippen molar-refractivity contribution in [3.8, 4) is 0 Å². The van der Waals surface area contributed by atoms with Gasteiger partial charge in [0.2, 0.25) is 11.8 Å². The molecule has 0 spiro atoms. The number of likely N-dealkylation sites (tertiary alicyclic amines) is 1. The summed E-state index contributed by atoms with van der Waals surface area (Å²) >= 11 is 0. The average Bonchev–Trinajstić information content (AvgIpc) is 3.05. The van der Waals surface area contributed by atoms with Gasteiger partial charge < -0.3 is 14.9 Å². The number of carbonyl (C=O) groups is 3. The van der Waals surface area contributed by atoms with Gasteiger partial charge in [-0.2, -0.15) is 0 Å². The van der Waals surface area contributed by atoms with Crippen LogP contribution in [0.15, 0.2) is 0 Å². The van der Waals surface area contributed by atoms with Crippen molar-refractivity contribution in [2.45, 2.75) is 38.1 Å². The predicted molar refractivity (Wildman–Crippen MR) is 71.9 cm³/mol. The molecule has 0 aromatic heterocycles. The van der Waals surface area contributed by atoms with Gasteiger partial charge >= 0.3 is 5.97 Å². The van der Waals surface area contributed by atoms with Crippen LogP contribution in [0.2, 0.25) is 0 Å². The summed E-state index contributed by atoms with van der Waals surface area (Å²) in [5.41, 5.74) is 0. The minimum atomic E-state index is -0.817. The van der Waals surface area contributed by atoms with E-state index in [1.165, 1.54) is 4.90 Å². The first kappa shape index (κ1) is 14.8. The lowest BCUT2D eigenvalue weighted by Gasteiger charge is -2.28. The molecule has 1 aliphatic carbocycles. The van der Waals surface area contributed by atoms with E-state index in [2.05, 4.69) is 0 Å². The maximum Gasteiger partial charge on any atom is 0.306 e. The molecule has 1 heterocycles. The molecule has 1 saturated carbocycles. The van der Waals surface area contributed by atoms with E-state index in [0.717, 1.165) is 6.42 Å². The van der Waals surface area contributed by atoms with Crippen LogP contribution in [0.1, 0.15) is 32.1 Å². The van der Waals surface area contributed by atoms with Crippen LogP contribution < -0.4 is 0 Å². The van der Waals surface area contributed by atoms with Crippen molar-refractivity contribution in [2.75, 3.05) is 20.6 Å². The second-order valence-electron chi connectivity index (χ2n) is 5.97. The molecule has 2 rings (SSSR count). The van der Waals surface area contributed by atoms with Gasteiger partial charge in [-0.15, -0.1) is 0 Å². The molecule has 0 radical (unpaired) electrons. The zero-order valence-electron chi connectivity index (χ0n) is 12.0. The molecule has 2 fully saturated rings. The fourth-order valence-electron chi connectivity index (χ4n) is 3.25. The Kier molecular flexibility index (Phi) is 4.30. The van der Waals surface area contributed by atoms with Crippen LogP contribution >= 0.6 is 0 Å². The van der Waals surface area contributed by atoms with E-state index in [-0.39, 0.29) is 23.8 Å². The molecule has 0 aromatic carbocycles. The molecular formula is C14H22N2O4. The number of rotatable bonds is 3. The number of amides is 2. The molecule has 6 nitrogen and oxygen atoms in total. The summed E-state index contributed by atoms with van der Waals surface area (Å²) in [4.78, 5) is 38.8. The fourth-order valence-corrected chi connectivity index (χ4v) is 3.25. The molecule has 2 aliphatic rings. The Morgan fingerprint density at radius 2 is 1.75 bits per heavy atom. The first-order chi connectivity index (χ1) is 9.41. The smallest absolute Gasteiger partial charge is 0.306 e. The number of likely N-dealkylation sites (N-methyl/N-ethyl adjacent to an activating group) is 1. The SMILES string of the molecule is CN(C)C(=O)C1CCCN1C(=O)C1CCC(C(=O)O)C1. The number of carboxylic acids is 1. The topological polar surface area (TPSA) is 77.9 Å². The summed E-state index contributed by atoms with van der Waals surface area (Å²) in [6, 6.07) is -0.360. The molecule has 3 atom stereocenters. The van der Waals surface area contributed by atoms with Crippen molar-refractivity contribution in [1.82, 2.24) is 9.80 Å². The van der Waals surface area contributed by atoms with Crippen molar-refractivity contribution in [2.24, 2.45) is 11.8 Å². The van der Waals surface area contributed by atoms with Gasteiger partial charge in [0.05, 0.1) is 5.92 Å². The highest BCUT2D eigenvalue weighted by atomic mass is 16.4. The van der Waals surface area contributed by atoms with E-state index in [9.17, 15) is 14.4 Å². The highest BCUT2D eigenvalue weighted by Gasteiger charge is 2.41. The average molecular weight is 282 g/mol. The summed E-state index contributed by atoms with van der Waals surface area (Å²) in [7, 11) is 3.39. The van der Waals surface area contributed by atoms with Gasteiger partial charge in [-0.3, -0.25) is 14.4 Å². The summed E-state index contributed by atoms with van der Waals surface area (Å²) in [6.45, 7) is 0.608. The summed E-state index contributed by atoms with van der Waals surface area (Å²) in [5.74, 6) is -1.53. The van der Waals surface area contributed by atoms with E-state index in [1.807, 2.05) is 0 Å². The Balaban J connectivity index is 2.02. The van der Waals surface area contributed by atoms with Crippen molar-refractivity contribution in [3.63, 3.8) is 0 Å². The maximum atomic E-state index is 12.5. The number of nitrogens with zero attached hydrogens (tertiary/aromatic N) is 2. The number of carbonyl (C=O) groups excluding carboxylic acids is 2. The zero-order valence-corrected chi connectivity index (χ0v) is 12.0. The fraction of sp³-hybridized carbons (Fsp3) is 0.786. The molecule has 6 heteroatoms. The lowest BCUT2D eigenvalue weighted by molar-refractivity contribution is -0.145. The number of hydrogen-bond acceptors (Lipinski definition) is 3. The molecule has 0 aromatic rings. The lowest BCUT2D eigenvalue weighted by atomic mass is 10.0. The zero-order chi connectivity index (χ0) is 14.9. The van der Waals surface area contributed by atoms with E-state index in [0.29, 0.717) is 32.2 Å². The van der Waals surface area contributed by atoms with E-state index in [1.54, 1.807) is 19.0 Å². The maximum absolute atomic E-state index is 12.5. The summed E-state index contributed by atoms with van der Waals surface area (Å²) < 4.78 is 0. The van der Waals surface area contributed by atoms with Gasteiger partial charge in [-0.1, -0.05) is 0 Å².